The fraction of sp³-hybridized carbons (Fsp3) is 0.400. The van der Waals surface area contributed by atoms with Crippen LogP contribution in [-0.2, 0) is 16.1 Å². The fourth-order valence-corrected chi connectivity index (χ4v) is 1.79. The summed E-state index contributed by atoms with van der Waals surface area (Å²) in [4.78, 5) is 23.6. The second kappa shape index (κ2) is 7.44. The molecule has 0 bridgehead atoms. The first kappa shape index (κ1) is 15.8. The Morgan fingerprint density at radius 3 is 2.95 bits per heavy atom. The Kier molecular flexibility index (Phi) is 5.35. The van der Waals surface area contributed by atoms with Gasteiger partial charge < -0.3 is 14.5 Å². The smallest absolute Gasteiger partial charge is 0.375 e. The van der Waals surface area contributed by atoms with Crippen LogP contribution in [0.3, 0.4) is 0 Å². The maximum atomic E-state index is 11.9. The first-order valence-electron chi connectivity index (χ1n) is 7.15. The van der Waals surface area contributed by atoms with E-state index >= 15 is 0 Å². The number of ether oxygens (including phenoxy) is 1. The van der Waals surface area contributed by atoms with Crippen LogP contribution in [0.5, 0.6) is 0 Å². The average Bonchev–Trinajstić information content (AvgIpc) is 3.16. The Balaban J connectivity index is 1.90. The Morgan fingerprint density at radius 1 is 1.45 bits per heavy atom. The monoisotopic (exact) mass is 305 g/mol. The molecule has 2 rings (SSSR count). The Labute approximate surface area is 128 Å². The number of hydrogen-bond acceptors (Lipinski definition) is 5. The highest BCUT2D eigenvalue weighted by molar-refractivity contribution is 5.90. The molecule has 0 aliphatic carbocycles. The van der Waals surface area contributed by atoms with E-state index in [1.165, 1.54) is 13.0 Å². The minimum Gasteiger partial charge on any atom is -0.452 e. The van der Waals surface area contributed by atoms with E-state index in [2.05, 4.69) is 10.4 Å². The van der Waals surface area contributed by atoms with E-state index in [0.717, 1.165) is 6.42 Å². The summed E-state index contributed by atoms with van der Waals surface area (Å²) in [5, 5.41) is 6.72. The molecular weight excluding hydrogens is 286 g/mol. The van der Waals surface area contributed by atoms with E-state index in [4.69, 9.17) is 9.15 Å². The van der Waals surface area contributed by atoms with Crippen LogP contribution in [0.2, 0.25) is 0 Å². The molecule has 0 spiro atoms. The summed E-state index contributed by atoms with van der Waals surface area (Å²) in [6.45, 7) is 4.44. The fourth-order valence-electron chi connectivity index (χ4n) is 1.79. The van der Waals surface area contributed by atoms with Crippen LogP contribution >= 0.6 is 0 Å². The molecule has 0 aliphatic rings. The SMILES string of the molecule is CCCNC(=O)C(C)OC(=O)c1ccc(Cn2cccn2)o1. The van der Waals surface area contributed by atoms with Crippen LogP contribution in [0.1, 0.15) is 36.6 Å². The molecule has 0 aromatic carbocycles. The number of furan rings is 1. The number of carbonyl (C=O) groups excluding carboxylic acids is 2. The van der Waals surface area contributed by atoms with Gasteiger partial charge in [0.1, 0.15) is 5.76 Å². The lowest BCUT2D eigenvalue weighted by Gasteiger charge is -2.11. The van der Waals surface area contributed by atoms with Crippen molar-refractivity contribution in [2.75, 3.05) is 6.54 Å². The molecule has 1 unspecified atom stereocenters. The van der Waals surface area contributed by atoms with Gasteiger partial charge in [0.05, 0.1) is 6.54 Å². The van der Waals surface area contributed by atoms with Gasteiger partial charge in [-0.25, -0.2) is 4.79 Å². The third-order valence-electron chi connectivity index (χ3n) is 2.94. The molecule has 0 fully saturated rings. The van der Waals surface area contributed by atoms with E-state index < -0.39 is 12.1 Å². The van der Waals surface area contributed by atoms with Crippen molar-refractivity contribution in [3.63, 3.8) is 0 Å². The van der Waals surface area contributed by atoms with Crippen molar-refractivity contribution in [2.24, 2.45) is 0 Å². The van der Waals surface area contributed by atoms with Crippen molar-refractivity contribution in [3.8, 4) is 0 Å². The summed E-state index contributed by atoms with van der Waals surface area (Å²) in [7, 11) is 0. The van der Waals surface area contributed by atoms with Crippen molar-refractivity contribution in [1.82, 2.24) is 15.1 Å². The van der Waals surface area contributed by atoms with E-state index in [-0.39, 0.29) is 11.7 Å². The molecular formula is C15H19N3O4. The Bertz CT molecular complexity index is 619. The first-order chi connectivity index (χ1) is 10.6. The van der Waals surface area contributed by atoms with Crippen molar-refractivity contribution in [2.45, 2.75) is 32.9 Å². The van der Waals surface area contributed by atoms with Crippen molar-refractivity contribution in [1.29, 1.82) is 0 Å². The zero-order valence-corrected chi connectivity index (χ0v) is 12.6. The van der Waals surface area contributed by atoms with Gasteiger partial charge in [0, 0.05) is 18.9 Å². The van der Waals surface area contributed by atoms with Crippen LogP contribution in [0.25, 0.3) is 0 Å². The third-order valence-corrected chi connectivity index (χ3v) is 2.94. The van der Waals surface area contributed by atoms with Crippen LogP contribution in [0.4, 0.5) is 0 Å². The van der Waals surface area contributed by atoms with Crippen LogP contribution in [-0.4, -0.2) is 34.3 Å². The predicted octanol–water partition coefficient (Wildman–Crippen LogP) is 1.60. The highest BCUT2D eigenvalue weighted by atomic mass is 16.6. The van der Waals surface area contributed by atoms with Crippen LogP contribution in [0.15, 0.2) is 35.0 Å². The van der Waals surface area contributed by atoms with Crippen LogP contribution < -0.4 is 5.32 Å². The molecule has 0 radical (unpaired) electrons. The van der Waals surface area contributed by atoms with Gasteiger partial charge in [0.25, 0.3) is 5.91 Å². The van der Waals surface area contributed by atoms with Crippen LogP contribution in [0, 0.1) is 0 Å². The van der Waals surface area contributed by atoms with Gasteiger partial charge in [-0.3, -0.25) is 9.48 Å². The number of amides is 1. The zero-order valence-electron chi connectivity index (χ0n) is 12.6. The van der Waals surface area contributed by atoms with Crippen molar-refractivity contribution >= 4 is 11.9 Å². The molecule has 1 atom stereocenters. The highest BCUT2D eigenvalue weighted by Gasteiger charge is 2.20. The normalized spacial score (nSPS) is 11.9. The van der Waals surface area contributed by atoms with Gasteiger partial charge >= 0.3 is 5.97 Å². The Morgan fingerprint density at radius 2 is 2.27 bits per heavy atom. The largest absolute Gasteiger partial charge is 0.452 e. The third kappa shape index (κ3) is 4.21. The van der Waals surface area contributed by atoms with Gasteiger partial charge in [0.15, 0.2) is 6.10 Å². The maximum absolute atomic E-state index is 11.9. The minimum atomic E-state index is -0.862. The number of carbonyl (C=O) groups is 2. The lowest BCUT2D eigenvalue weighted by atomic mass is 10.3. The predicted molar refractivity (Wildman–Crippen MR) is 78.2 cm³/mol. The molecule has 7 nitrogen and oxygen atoms in total. The molecule has 22 heavy (non-hydrogen) atoms. The summed E-state index contributed by atoms with van der Waals surface area (Å²) in [6, 6.07) is 5.01. The molecule has 1 N–H and O–H groups in total. The number of aromatic nitrogens is 2. The summed E-state index contributed by atoms with van der Waals surface area (Å²) < 4.78 is 12.2. The summed E-state index contributed by atoms with van der Waals surface area (Å²) in [5.74, 6) is -0.333. The molecule has 1 amide bonds. The van der Waals surface area contributed by atoms with Gasteiger partial charge in [-0.1, -0.05) is 6.92 Å². The topological polar surface area (TPSA) is 86.4 Å². The lowest BCUT2D eigenvalue weighted by Crippen LogP contribution is -2.36. The number of nitrogens with zero attached hydrogens (tertiary/aromatic N) is 2. The number of rotatable bonds is 7. The van der Waals surface area contributed by atoms with E-state index in [1.807, 2.05) is 6.92 Å². The summed E-state index contributed by atoms with van der Waals surface area (Å²) in [6.07, 6.45) is 3.41. The molecule has 2 aromatic rings. The molecule has 0 saturated carbocycles. The van der Waals surface area contributed by atoms with Crippen molar-refractivity contribution in [3.05, 3.63) is 42.1 Å². The maximum Gasteiger partial charge on any atom is 0.375 e. The van der Waals surface area contributed by atoms with E-state index in [1.54, 1.807) is 29.2 Å². The minimum absolute atomic E-state index is 0.0669. The Hall–Kier alpha value is -2.57. The summed E-state index contributed by atoms with van der Waals surface area (Å²) in [5.41, 5.74) is 0. The van der Waals surface area contributed by atoms with Gasteiger partial charge in [-0.15, -0.1) is 0 Å². The zero-order chi connectivity index (χ0) is 15.9. The number of nitrogens with one attached hydrogen (secondary N) is 1. The van der Waals surface area contributed by atoms with Gasteiger partial charge in [0.2, 0.25) is 5.76 Å². The molecule has 7 heteroatoms. The molecule has 2 aromatic heterocycles. The number of esters is 1. The first-order valence-corrected chi connectivity index (χ1v) is 7.15. The molecule has 118 valence electrons. The second-order valence-corrected chi connectivity index (χ2v) is 4.81. The van der Waals surface area contributed by atoms with Crippen molar-refractivity contribution < 1.29 is 18.7 Å². The van der Waals surface area contributed by atoms with E-state index in [9.17, 15) is 9.59 Å². The average molecular weight is 305 g/mol. The summed E-state index contributed by atoms with van der Waals surface area (Å²) >= 11 is 0. The number of hydrogen-bond donors (Lipinski definition) is 1. The molecule has 2 heterocycles. The van der Waals surface area contributed by atoms with E-state index in [0.29, 0.717) is 18.8 Å². The van der Waals surface area contributed by atoms with Gasteiger partial charge in [-0.05, 0) is 31.5 Å². The lowest BCUT2D eigenvalue weighted by molar-refractivity contribution is -0.129. The second-order valence-electron chi connectivity index (χ2n) is 4.81. The molecule has 0 saturated heterocycles. The molecule has 0 aliphatic heterocycles. The quantitative estimate of drug-likeness (QED) is 0.785. The van der Waals surface area contributed by atoms with Gasteiger partial charge in [-0.2, -0.15) is 5.10 Å². The standard InChI is InChI=1S/C15H19N3O4/c1-3-7-16-14(19)11(2)21-15(20)13-6-5-12(22-13)10-18-9-4-8-17-18/h4-6,8-9,11H,3,7,10H2,1-2H3,(H,16,19). The highest BCUT2D eigenvalue weighted by Crippen LogP contribution is 2.11.